The van der Waals surface area contributed by atoms with Gasteiger partial charge < -0.3 is 9.84 Å². The number of nitrogens with zero attached hydrogens (tertiary/aromatic N) is 2. The summed E-state index contributed by atoms with van der Waals surface area (Å²) in [4.78, 5) is 44.9. The number of anilines is 1. The number of esters is 1. The van der Waals surface area contributed by atoms with E-state index in [0.717, 1.165) is 22.5 Å². The molecule has 1 N–H and O–H groups in total. The number of aliphatic hydroxyl groups is 1. The molecule has 174 valence electrons. The third-order valence-corrected chi connectivity index (χ3v) is 6.80. The molecule has 0 radical (unpaired) electrons. The van der Waals surface area contributed by atoms with Crippen molar-refractivity contribution in [1.82, 2.24) is 4.98 Å². The molecule has 2 aromatic carbocycles. The number of benzene rings is 2. The van der Waals surface area contributed by atoms with E-state index in [9.17, 15) is 19.5 Å². The van der Waals surface area contributed by atoms with Crippen molar-refractivity contribution in [3.05, 3.63) is 86.9 Å². The van der Waals surface area contributed by atoms with E-state index >= 15 is 0 Å². The highest BCUT2D eigenvalue weighted by Gasteiger charge is 2.48. The maximum Gasteiger partial charge on any atom is 0.350 e. The first-order chi connectivity index (χ1) is 16.2. The van der Waals surface area contributed by atoms with E-state index in [-0.39, 0.29) is 27.9 Å². The Bertz CT molecular complexity index is 1330. The quantitative estimate of drug-likeness (QED) is 0.244. The molecule has 0 aliphatic carbocycles. The molecule has 1 saturated heterocycles. The monoisotopic (exact) mass is 476 g/mol. The van der Waals surface area contributed by atoms with Gasteiger partial charge in [-0.1, -0.05) is 59.4 Å². The van der Waals surface area contributed by atoms with E-state index in [1.165, 1.54) is 4.90 Å². The molecule has 7 nitrogen and oxygen atoms in total. The van der Waals surface area contributed by atoms with Crippen molar-refractivity contribution in [3.63, 3.8) is 0 Å². The smallest absolute Gasteiger partial charge is 0.350 e. The average molecular weight is 477 g/mol. The second kappa shape index (κ2) is 9.23. The van der Waals surface area contributed by atoms with Gasteiger partial charge >= 0.3 is 11.9 Å². The predicted molar refractivity (Wildman–Crippen MR) is 130 cm³/mol. The highest BCUT2D eigenvalue weighted by molar-refractivity contribution is 7.17. The minimum atomic E-state index is -0.901. The topological polar surface area (TPSA) is 96.8 Å². The van der Waals surface area contributed by atoms with Crippen LogP contribution in [0.4, 0.5) is 5.13 Å². The van der Waals surface area contributed by atoms with E-state index in [2.05, 4.69) is 4.98 Å². The number of aryl methyl sites for hydroxylation is 3. The van der Waals surface area contributed by atoms with E-state index in [0.29, 0.717) is 16.8 Å². The zero-order valence-electron chi connectivity index (χ0n) is 19.3. The summed E-state index contributed by atoms with van der Waals surface area (Å²) < 4.78 is 5.10. The Morgan fingerprint density at radius 3 is 2.50 bits per heavy atom. The molecule has 0 bridgehead atoms. The lowest BCUT2D eigenvalue weighted by Gasteiger charge is -2.23. The Labute approximate surface area is 201 Å². The van der Waals surface area contributed by atoms with Gasteiger partial charge in [0.15, 0.2) is 5.13 Å². The summed E-state index contributed by atoms with van der Waals surface area (Å²) in [7, 11) is 0. The fourth-order valence-corrected chi connectivity index (χ4v) is 4.98. The Hall–Kier alpha value is -3.78. The Kier molecular flexibility index (Phi) is 6.34. The number of carbonyl (C=O) groups excluding carboxylic acids is 3. The van der Waals surface area contributed by atoms with Crippen molar-refractivity contribution in [2.75, 3.05) is 11.5 Å². The van der Waals surface area contributed by atoms with Crippen LogP contribution in [0.2, 0.25) is 0 Å². The lowest BCUT2D eigenvalue weighted by molar-refractivity contribution is -0.132. The number of hydrogen-bond acceptors (Lipinski definition) is 7. The number of thiazole rings is 1. The van der Waals surface area contributed by atoms with Crippen molar-refractivity contribution in [2.24, 2.45) is 0 Å². The molecule has 1 aromatic heterocycles. The van der Waals surface area contributed by atoms with E-state index in [4.69, 9.17) is 4.74 Å². The number of hydrogen-bond donors (Lipinski definition) is 1. The first-order valence-electron chi connectivity index (χ1n) is 10.8. The predicted octanol–water partition coefficient (Wildman–Crippen LogP) is 4.87. The molecule has 1 fully saturated rings. The Morgan fingerprint density at radius 1 is 1.12 bits per heavy atom. The molecule has 4 rings (SSSR count). The second-order valence-electron chi connectivity index (χ2n) is 8.03. The van der Waals surface area contributed by atoms with E-state index in [1.54, 1.807) is 44.2 Å². The maximum absolute atomic E-state index is 13.3. The SMILES string of the molecule is CCOC(=O)c1sc(N2C(=O)C(=O)/C(=C(/O)c3cc(C)ccc3C)C2c2ccccc2)nc1C. The largest absolute Gasteiger partial charge is 0.507 e. The van der Waals surface area contributed by atoms with Crippen molar-refractivity contribution < 1.29 is 24.2 Å². The van der Waals surface area contributed by atoms with Gasteiger partial charge in [0.05, 0.1) is 23.9 Å². The van der Waals surface area contributed by atoms with Crippen molar-refractivity contribution >= 4 is 39.9 Å². The van der Waals surface area contributed by atoms with Crippen molar-refractivity contribution in [2.45, 2.75) is 33.7 Å². The summed E-state index contributed by atoms with van der Waals surface area (Å²) in [5, 5.41) is 11.5. The fourth-order valence-electron chi connectivity index (χ4n) is 3.99. The molecule has 1 unspecified atom stereocenters. The summed E-state index contributed by atoms with van der Waals surface area (Å²) in [5.74, 6) is -2.40. The minimum Gasteiger partial charge on any atom is -0.507 e. The van der Waals surface area contributed by atoms with Crippen LogP contribution < -0.4 is 4.90 Å². The third-order valence-electron chi connectivity index (χ3n) is 5.66. The highest BCUT2D eigenvalue weighted by Crippen LogP contribution is 2.44. The molecule has 0 saturated carbocycles. The lowest BCUT2D eigenvalue weighted by atomic mass is 9.93. The maximum atomic E-state index is 13.3. The van der Waals surface area contributed by atoms with Crippen LogP contribution in [-0.2, 0) is 14.3 Å². The zero-order chi connectivity index (χ0) is 24.6. The summed E-state index contributed by atoms with van der Waals surface area (Å²) >= 11 is 0.987. The van der Waals surface area contributed by atoms with Crippen LogP contribution in [-0.4, -0.2) is 34.4 Å². The number of aliphatic hydroxyl groups excluding tert-OH is 1. The van der Waals surface area contributed by atoms with Gasteiger partial charge in [0.25, 0.3) is 5.78 Å². The lowest BCUT2D eigenvalue weighted by Crippen LogP contribution is -2.29. The van der Waals surface area contributed by atoms with Crippen LogP contribution in [0.25, 0.3) is 5.76 Å². The minimum absolute atomic E-state index is 0.0181. The molecule has 1 aliphatic rings. The number of Topliss-reactive ketones (excluding diaryl/α,β-unsaturated/α-hetero) is 1. The summed E-state index contributed by atoms with van der Waals surface area (Å²) in [6.07, 6.45) is 0. The number of ketones is 1. The van der Waals surface area contributed by atoms with E-state index < -0.39 is 23.7 Å². The molecule has 8 heteroatoms. The van der Waals surface area contributed by atoms with Crippen LogP contribution in [0, 0.1) is 20.8 Å². The van der Waals surface area contributed by atoms with Crippen LogP contribution >= 0.6 is 11.3 Å². The third kappa shape index (κ3) is 4.01. The summed E-state index contributed by atoms with van der Waals surface area (Å²) in [6, 6.07) is 13.6. The fraction of sp³-hybridized carbons (Fsp3) is 0.231. The van der Waals surface area contributed by atoms with Crippen LogP contribution in [0.3, 0.4) is 0 Å². The molecular weight excluding hydrogens is 452 g/mol. The summed E-state index contributed by atoms with van der Waals surface area (Å²) in [6.45, 7) is 7.28. The number of amides is 1. The first-order valence-corrected chi connectivity index (χ1v) is 11.6. The normalized spacial score (nSPS) is 17.3. The molecule has 1 amide bonds. The van der Waals surface area contributed by atoms with Gasteiger partial charge in [0.2, 0.25) is 0 Å². The van der Waals surface area contributed by atoms with Crippen LogP contribution in [0.15, 0.2) is 54.1 Å². The van der Waals surface area contributed by atoms with Gasteiger partial charge in [0, 0.05) is 5.56 Å². The second-order valence-corrected chi connectivity index (χ2v) is 9.01. The summed E-state index contributed by atoms with van der Waals surface area (Å²) in [5.41, 5.74) is 3.20. The van der Waals surface area contributed by atoms with Gasteiger partial charge in [-0.25, -0.2) is 9.78 Å². The first kappa shape index (κ1) is 23.4. The molecular formula is C26H24N2O5S. The molecule has 1 atom stereocenters. The number of ether oxygens (including phenoxy) is 1. The molecule has 0 spiro atoms. The van der Waals surface area contributed by atoms with Gasteiger partial charge in [-0.2, -0.15) is 0 Å². The van der Waals surface area contributed by atoms with Gasteiger partial charge in [-0.05, 0) is 44.9 Å². The average Bonchev–Trinajstić information content (AvgIpc) is 3.33. The van der Waals surface area contributed by atoms with Gasteiger partial charge in [-0.15, -0.1) is 0 Å². The Balaban J connectivity index is 1.93. The molecule has 34 heavy (non-hydrogen) atoms. The van der Waals surface area contributed by atoms with Crippen LogP contribution in [0.5, 0.6) is 0 Å². The Morgan fingerprint density at radius 2 is 1.82 bits per heavy atom. The van der Waals surface area contributed by atoms with Crippen molar-refractivity contribution in [3.8, 4) is 0 Å². The molecule has 2 heterocycles. The van der Waals surface area contributed by atoms with Crippen LogP contribution in [0.1, 0.15) is 50.6 Å². The number of aromatic nitrogens is 1. The standard InChI is InChI=1S/C26H24N2O5S/c1-5-33-25(32)23-16(4)27-26(34-23)28-20(17-9-7-6-8-10-17)19(22(30)24(28)31)21(29)18-13-14(2)11-12-15(18)3/h6-13,20,29H,5H2,1-4H3/b21-19+. The van der Waals surface area contributed by atoms with Crippen molar-refractivity contribution in [1.29, 1.82) is 0 Å². The van der Waals surface area contributed by atoms with E-state index in [1.807, 2.05) is 32.0 Å². The number of rotatable bonds is 5. The van der Waals surface area contributed by atoms with Gasteiger partial charge in [-0.3, -0.25) is 14.5 Å². The van der Waals surface area contributed by atoms with Gasteiger partial charge in [0.1, 0.15) is 10.6 Å². The highest BCUT2D eigenvalue weighted by atomic mass is 32.1. The molecule has 3 aromatic rings. The zero-order valence-corrected chi connectivity index (χ0v) is 20.1. The number of carbonyl (C=O) groups is 3. The molecule has 1 aliphatic heterocycles.